The molecule has 2 amide bonds. The van der Waals surface area contributed by atoms with Crippen molar-refractivity contribution in [2.75, 3.05) is 4.90 Å². The van der Waals surface area contributed by atoms with Crippen LogP contribution < -0.4 is 4.90 Å². The highest BCUT2D eigenvalue weighted by Crippen LogP contribution is 2.57. The minimum Gasteiger partial charge on any atom is -0.359 e. The molecule has 4 atom stereocenters. The van der Waals surface area contributed by atoms with Crippen molar-refractivity contribution in [2.45, 2.75) is 31.2 Å². The van der Waals surface area contributed by atoms with Gasteiger partial charge in [0.1, 0.15) is 0 Å². The third-order valence-corrected chi connectivity index (χ3v) is 5.16. The third kappa shape index (κ3) is 1.79. The fourth-order valence-corrected chi connectivity index (χ4v) is 4.11. The van der Waals surface area contributed by atoms with Crippen molar-refractivity contribution in [3.05, 3.63) is 42.0 Å². The topological polar surface area (TPSA) is 46.6 Å². The number of imide groups is 1. The van der Waals surface area contributed by atoms with Crippen LogP contribution in [0.2, 0.25) is 0 Å². The largest absolute Gasteiger partial charge is 0.416 e. The number of benzene rings is 1. The molecule has 7 heteroatoms. The van der Waals surface area contributed by atoms with Gasteiger partial charge in [-0.05, 0) is 32.0 Å². The second-order valence-electron chi connectivity index (χ2n) is 6.82. The van der Waals surface area contributed by atoms with Gasteiger partial charge in [0.2, 0.25) is 11.8 Å². The maximum absolute atomic E-state index is 12.9. The highest BCUT2D eigenvalue weighted by molar-refractivity contribution is 6.23. The highest BCUT2D eigenvalue weighted by atomic mass is 19.4. The Morgan fingerprint density at radius 2 is 1.58 bits per heavy atom. The fraction of sp³-hybridized carbons (Fsp3) is 0.412. The number of amides is 2. The molecule has 1 aromatic carbocycles. The molecule has 0 N–H and O–H groups in total. The van der Waals surface area contributed by atoms with Gasteiger partial charge < -0.3 is 4.74 Å². The van der Waals surface area contributed by atoms with Crippen LogP contribution in [0.5, 0.6) is 0 Å². The molecule has 0 aliphatic carbocycles. The number of ether oxygens (including phenoxy) is 1. The number of alkyl halides is 3. The predicted octanol–water partition coefficient (Wildman–Crippen LogP) is 2.93. The predicted molar refractivity (Wildman–Crippen MR) is 78.0 cm³/mol. The van der Waals surface area contributed by atoms with Crippen LogP contribution in [0, 0.1) is 11.8 Å². The molecule has 2 saturated heterocycles. The molecule has 0 radical (unpaired) electrons. The molecule has 0 aromatic heterocycles. The monoisotopic (exact) mass is 337 g/mol. The van der Waals surface area contributed by atoms with Crippen LogP contribution in [0.15, 0.2) is 36.4 Å². The standard InChI is InChI=1S/C17H14F3NO3/c1-15-6-7-16(2,24-15)12-11(15)13(22)21(14(12)23)10-5-3-4-9(8-10)17(18,19)20/h3-8,11-12H,1-2H3/t11-,12-,15-,16+/m1/s1. The van der Waals surface area contributed by atoms with Crippen molar-refractivity contribution in [3.8, 4) is 0 Å². The lowest BCUT2D eigenvalue weighted by Gasteiger charge is -2.25. The number of nitrogens with zero attached hydrogens (tertiary/aromatic N) is 1. The summed E-state index contributed by atoms with van der Waals surface area (Å²) in [6.07, 6.45) is -1.02. The van der Waals surface area contributed by atoms with E-state index in [2.05, 4.69) is 0 Å². The molecule has 3 heterocycles. The van der Waals surface area contributed by atoms with E-state index in [1.807, 2.05) is 0 Å². The van der Waals surface area contributed by atoms with E-state index in [0.717, 1.165) is 17.0 Å². The summed E-state index contributed by atoms with van der Waals surface area (Å²) in [6, 6.07) is 4.27. The maximum Gasteiger partial charge on any atom is 0.416 e. The van der Waals surface area contributed by atoms with Crippen LogP contribution in [-0.4, -0.2) is 23.0 Å². The van der Waals surface area contributed by atoms with Gasteiger partial charge in [-0.15, -0.1) is 0 Å². The summed E-state index contributed by atoms with van der Waals surface area (Å²) in [6.45, 7) is 3.44. The molecule has 2 fully saturated rings. The van der Waals surface area contributed by atoms with Gasteiger partial charge in [-0.25, -0.2) is 4.90 Å². The van der Waals surface area contributed by atoms with Crippen LogP contribution in [0.3, 0.4) is 0 Å². The molecule has 0 unspecified atom stereocenters. The van der Waals surface area contributed by atoms with Crippen LogP contribution in [0.1, 0.15) is 19.4 Å². The number of carbonyl (C=O) groups excluding carboxylic acids is 2. The molecule has 126 valence electrons. The van der Waals surface area contributed by atoms with E-state index in [1.165, 1.54) is 12.1 Å². The van der Waals surface area contributed by atoms with Crippen LogP contribution >= 0.6 is 0 Å². The Bertz CT molecular complexity index is 767. The van der Waals surface area contributed by atoms with Gasteiger partial charge in [-0.1, -0.05) is 18.2 Å². The molecule has 4 rings (SSSR count). The van der Waals surface area contributed by atoms with Gasteiger partial charge in [0, 0.05) is 0 Å². The summed E-state index contributed by atoms with van der Waals surface area (Å²) in [5, 5.41) is 0. The van der Waals surface area contributed by atoms with Crippen LogP contribution in [0.4, 0.5) is 18.9 Å². The lowest BCUT2D eigenvalue weighted by atomic mass is 9.73. The maximum atomic E-state index is 12.9. The van der Waals surface area contributed by atoms with Gasteiger partial charge in [0.25, 0.3) is 0 Å². The normalized spacial score (nSPS) is 37.5. The number of anilines is 1. The average molecular weight is 337 g/mol. The van der Waals surface area contributed by atoms with Crippen molar-refractivity contribution in [1.29, 1.82) is 0 Å². The van der Waals surface area contributed by atoms with E-state index >= 15 is 0 Å². The minimum absolute atomic E-state index is 0.0548. The third-order valence-electron chi connectivity index (χ3n) is 5.16. The number of carbonyl (C=O) groups is 2. The fourth-order valence-electron chi connectivity index (χ4n) is 4.11. The van der Waals surface area contributed by atoms with E-state index in [-0.39, 0.29) is 5.69 Å². The smallest absolute Gasteiger partial charge is 0.359 e. The average Bonchev–Trinajstić information content (AvgIpc) is 3.03. The second-order valence-corrected chi connectivity index (χ2v) is 6.82. The molecule has 4 nitrogen and oxygen atoms in total. The number of rotatable bonds is 1. The first-order valence-electron chi connectivity index (χ1n) is 7.52. The molecule has 3 aliphatic heterocycles. The Hall–Kier alpha value is -2.15. The lowest BCUT2D eigenvalue weighted by Crippen LogP contribution is -2.39. The zero-order chi connectivity index (χ0) is 17.5. The molecular weight excluding hydrogens is 323 g/mol. The SMILES string of the molecule is C[C@]12C=C[C@](C)(O1)[C@H]1C(=O)N(c3cccc(C(F)(F)F)c3)C(=O)[C@@H]12. The molecule has 3 aliphatic rings. The minimum atomic E-state index is -4.54. The van der Waals surface area contributed by atoms with E-state index in [9.17, 15) is 22.8 Å². The Kier molecular flexibility index (Phi) is 2.74. The molecule has 1 aromatic rings. The molecule has 0 spiro atoms. The number of hydrogen-bond donors (Lipinski definition) is 0. The summed E-state index contributed by atoms with van der Waals surface area (Å²) >= 11 is 0. The first kappa shape index (κ1) is 15.4. The first-order chi connectivity index (χ1) is 11.1. The van der Waals surface area contributed by atoms with Crippen molar-refractivity contribution in [2.24, 2.45) is 11.8 Å². The van der Waals surface area contributed by atoms with Crippen molar-refractivity contribution in [1.82, 2.24) is 0 Å². The number of halogens is 3. The van der Waals surface area contributed by atoms with Crippen molar-refractivity contribution < 1.29 is 27.5 Å². The van der Waals surface area contributed by atoms with Gasteiger partial charge >= 0.3 is 6.18 Å². The van der Waals surface area contributed by atoms with Crippen molar-refractivity contribution >= 4 is 17.5 Å². The highest BCUT2D eigenvalue weighted by Gasteiger charge is 2.70. The van der Waals surface area contributed by atoms with Gasteiger partial charge in [0.15, 0.2) is 0 Å². The van der Waals surface area contributed by atoms with E-state index in [4.69, 9.17) is 4.74 Å². The second kappa shape index (κ2) is 4.27. The van der Waals surface area contributed by atoms with E-state index < -0.39 is 46.6 Å². The summed E-state index contributed by atoms with van der Waals surface area (Å²) in [4.78, 5) is 26.5. The summed E-state index contributed by atoms with van der Waals surface area (Å²) in [7, 11) is 0. The van der Waals surface area contributed by atoms with Gasteiger partial charge in [-0.2, -0.15) is 13.2 Å². The van der Waals surface area contributed by atoms with Crippen LogP contribution in [-0.2, 0) is 20.5 Å². The van der Waals surface area contributed by atoms with E-state index in [0.29, 0.717) is 0 Å². The summed E-state index contributed by atoms with van der Waals surface area (Å²) in [5.41, 5.74) is -2.75. The Labute approximate surface area is 135 Å². The number of hydrogen-bond acceptors (Lipinski definition) is 3. The quantitative estimate of drug-likeness (QED) is 0.585. The first-order valence-corrected chi connectivity index (χ1v) is 7.52. The molecular formula is C17H14F3NO3. The van der Waals surface area contributed by atoms with Gasteiger partial charge in [0.05, 0.1) is 34.3 Å². The van der Waals surface area contributed by atoms with E-state index in [1.54, 1.807) is 26.0 Å². The Morgan fingerprint density at radius 1 is 1.04 bits per heavy atom. The Balaban J connectivity index is 1.78. The van der Waals surface area contributed by atoms with Gasteiger partial charge in [-0.3, -0.25) is 9.59 Å². The lowest BCUT2D eigenvalue weighted by molar-refractivity contribution is -0.138. The zero-order valence-electron chi connectivity index (χ0n) is 12.9. The molecule has 24 heavy (non-hydrogen) atoms. The zero-order valence-corrected chi connectivity index (χ0v) is 12.9. The number of fused-ring (bicyclic) bond motifs is 5. The van der Waals surface area contributed by atoms with Crippen LogP contribution in [0.25, 0.3) is 0 Å². The Morgan fingerprint density at radius 3 is 2.08 bits per heavy atom. The summed E-state index contributed by atoms with van der Waals surface area (Å²) < 4.78 is 44.6. The molecule has 0 saturated carbocycles. The summed E-state index contributed by atoms with van der Waals surface area (Å²) in [5.74, 6) is -2.45. The van der Waals surface area contributed by atoms with Crippen molar-refractivity contribution in [3.63, 3.8) is 0 Å². The molecule has 2 bridgehead atoms.